The Morgan fingerprint density at radius 3 is 2.50 bits per heavy atom. The SMILES string of the molecule is Cl.O=C(NC1CCNCC1)c1ccc(=O)n(-c2ccc(F)cc2)n1. The Kier molecular flexibility index (Phi) is 6.05. The maximum atomic E-state index is 13.0. The van der Waals surface area contributed by atoms with Gasteiger partial charge in [-0.3, -0.25) is 9.59 Å². The molecule has 1 aromatic carbocycles. The molecule has 3 rings (SSSR count). The van der Waals surface area contributed by atoms with Crippen LogP contribution in [-0.4, -0.2) is 34.8 Å². The van der Waals surface area contributed by atoms with Crippen LogP contribution in [0.4, 0.5) is 4.39 Å². The van der Waals surface area contributed by atoms with Crippen LogP contribution in [0.15, 0.2) is 41.2 Å². The molecule has 0 unspecified atom stereocenters. The minimum Gasteiger partial charge on any atom is -0.348 e. The van der Waals surface area contributed by atoms with Crippen molar-refractivity contribution in [1.29, 1.82) is 0 Å². The number of nitrogens with zero attached hydrogens (tertiary/aromatic N) is 2. The Labute approximate surface area is 144 Å². The van der Waals surface area contributed by atoms with Crippen molar-refractivity contribution in [3.8, 4) is 5.69 Å². The molecule has 1 aliphatic heterocycles. The maximum absolute atomic E-state index is 13.0. The average Bonchev–Trinajstić information content (AvgIpc) is 2.57. The number of aromatic nitrogens is 2. The van der Waals surface area contributed by atoms with E-state index in [1.54, 1.807) is 0 Å². The number of benzene rings is 1. The highest BCUT2D eigenvalue weighted by Gasteiger charge is 2.18. The lowest BCUT2D eigenvalue weighted by Gasteiger charge is -2.23. The zero-order valence-corrected chi connectivity index (χ0v) is 13.7. The average molecular weight is 353 g/mol. The normalized spacial score (nSPS) is 14.7. The molecule has 24 heavy (non-hydrogen) atoms. The fraction of sp³-hybridized carbons (Fsp3) is 0.312. The van der Waals surface area contributed by atoms with Gasteiger partial charge >= 0.3 is 0 Å². The molecule has 1 aliphatic rings. The maximum Gasteiger partial charge on any atom is 0.271 e. The van der Waals surface area contributed by atoms with Crippen LogP contribution in [0.1, 0.15) is 23.3 Å². The van der Waals surface area contributed by atoms with Crippen LogP contribution in [0.25, 0.3) is 5.69 Å². The lowest BCUT2D eigenvalue weighted by atomic mass is 10.1. The number of piperidine rings is 1. The number of halogens is 2. The molecule has 2 aromatic rings. The number of amides is 1. The van der Waals surface area contributed by atoms with E-state index in [1.807, 2.05) is 0 Å². The van der Waals surface area contributed by atoms with Gasteiger partial charge < -0.3 is 10.6 Å². The van der Waals surface area contributed by atoms with E-state index in [4.69, 9.17) is 0 Å². The van der Waals surface area contributed by atoms with Crippen molar-refractivity contribution in [3.63, 3.8) is 0 Å². The topological polar surface area (TPSA) is 76.0 Å². The molecule has 0 atom stereocenters. The first-order valence-corrected chi connectivity index (χ1v) is 7.51. The second kappa shape index (κ2) is 8.03. The molecule has 0 spiro atoms. The van der Waals surface area contributed by atoms with Gasteiger partial charge in [0.25, 0.3) is 11.5 Å². The summed E-state index contributed by atoms with van der Waals surface area (Å²) in [7, 11) is 0. The molecule has 0 aliphatic carbocycles. The summed E-state index contributed by atoms with van der Waals surface area (Å²) in [4.78, 5) is 24.2. The fourth-order valence-corrected chi connectivity index (χ4v) is 2.53. The highest BCUT2D eigenvalue weighted by Crippen LogP contribution is 2.07. The lowest BCUT2D eigenvalue weighted by Crippen LogP contribution is -2.43. The number of rotatable bonds is 3. The predicted molar refractivity (Wildman–Crippen MR) is 90.4 cm³/mol. The second-order valence-corrected chi connectivity index (χ2v) is 5.44. The monoisotopic (exact) mass is 352 g/mol. The van der Waals surface area contributed by atoms with Crippen molar-refractivity contribution >= 4 is 18.3 Å². The molecule has 1 fully saturated rings. The molecule has 8 heteroatoms. The van der Waals surface area contributed by atoms with Crippen LogP contribution in [0, 0.1) is 5.82 Å². The van der Waals surface area contributed by atoms with E-state index in [2.05, 4.69) is 15.7 Å². The van der Waals surface area contributed by atoms with Crippen LogP contribution in [-0.2, 0) is 0 Å². The quantitative estimate of drug-likeness (QED) is 0.872. The molecule has 2 heterocycles. The van der Waals surface area contributed by atoms with Gasteiger partial charge in [0.2, 0.25) is 0 Å². The first-order valence-electron chi connectivity index (χ1n) is 7.51. The molecule has 2 N–H and O–H groups in total. The number of hydrogen-bond donors (Lipinski definition) is 2. The van der Waals surface area contributed by atoms with E-state index in [-0.39, 0.29) is 35.6 Å². The Balaban J connectivity index is 0.00000208. The highest BCUT2D eigenvalue weighted by molar-refractivity contribution is 5.92. The van der Waals surface area contributed by atoms with E-state index in [9.17, 15) is 14.0 Å². The Morgan fingerprint density at radius 1 is 1.17 bits per heavy atom. The molecular formula is C16H18ClFN4O2. The molecule has 0 bridgehead atoms. The smallest absolute Gasteiger partial charge is 0.271 e. The Morgan fingerprint density at radius 2 is 1.83 bits per heavy atom. The molecule has 0 radical (unpaired) electrons. The summed E-state index contributed by atoms with van der Waals surface area (Å²) in [6.07, 6.45) is 1.73. The largest absolute Gasteiger partial charge is 0.348 e. The zero-order chi connectivity index (χ0) is 16.2. The summed E-state index contributed by atoms with van der Waals surface area (Å²) in [5.41, 5.74) is 0.190. The summed E-state index contributed by atoms with van der Waals surface area (Å²) in [6.45, 7) is 1.74. The Bertz CT molecular complexity index is 757. The molecule has 0 saturated carbocycles. The summed E-state index contributed by atoms with van der Waals surface area (Å²) < 4.78 is 14.1. The van der Waals surface area contributed by atoms with Crippen LogP contribution >= 0.6 is 12.4 Å². The van der Waals surface area contributed by atoms with Crippen LogP contribution in [0.2, 0.25) is 0 Å². The molecule has 1 saturated heterocycles. The van der Waals surface area contributed by atoms with Crippen molar-refractivity contribution in [1.82, 2.24) is 20.4 Å². The van der Waals surface area contributed by atoms with E-state index >= 15 is 0 Å². The van der Waals surface area contributed by atoms with Crippen LogP contribution in [0.3, 0.4) is 0 Å². The highest BCUT2D eigenvalue weighted by atomic mass is 35.5. The first-order chi connectivity index (χ1) is 11.1. The van der Waals surface area contributed by atoms with E-state index in [0.29, 0.717) is 5.69 Å². The van der Waals surface area contributed by atoms with Crippen molar-refractivity contribution in [2.24, 2.45) is 0 Å². The van der Waals surface area contributed by atoms with Crippen LogP contribution in [0.5, 0.6) is 0 Å². The van der Waals surface area contributed by atoms with Gasteiger partial charge in [0.1, 0.15) is 11.5 Å². The van der Waals surface area contributed by atoms with Crippen LogP contribution < -0.4 is 16.2 Å². The molecule has 1 aromatic heterocycles. The van der Waals surface area contributed by atoms with Gasteiger partial charge in [-0.15, -0.1) is 12.4 Å². The third-order valence-electron chi connectivity index (χ3n) is 3.78. The zero-order valence-electron chi connectivity index (χ0n) is 12.9. The van der Waals surface area contributed by atoms with Gasteiger partial charge in [-0.05, 0) is 56.3 Å². The minimum absolute atomic E-state index is 0. The Hall–Kier alpha value is -2.25. The van der Waals surface area contributed by atoms with Gasteiger partial charge in [0.05, 0.1) is 5.69 Å². The number of nitrogens with one attached hydrogen (secondary N) is 2. The third-order valence-corrected chi connectivity index (χ3v) is 3.78. The molecule has 1 amide bonds. The number of carbonyl (C=O) groups excluding carboxylic acids is 1. The molecular weight excluding hydrogens is 335 g/mol. The fourth-order valence-electron chi connectivity index (χ4n) is 2.53. The summed E-state index contributed by atoms with van der Waals surface area (Å²) >= 11 is 0. The van der Waals surface area contributed by atoms with Crippen molar-refractivity contribution in [3.05, 3.63) is 58.3 Å². The summed E-state index contributed by atoms with van der Waals surface area (Å²) in [5, 5.41) is 10.2. The van der Waals surface area contributed by atoms with E-state index in [1.165, 1.54) is 36.4 Å². The van der Waals surface area contributed by atoms with Gasteiger partial charge in [-0.1, -0.05) is 0 Å². The van der Waals surface area contributed by atoms with Crippen molar-refractivity contribution < 1.29 is 9.18 Å². The molecule has 6 nitrogen and oxygen atoms in total. The van der Waals surface area contributed by atoms with E-state index < -0.39 is 5.82 Å². The van der Waals surface area contributed by atoms with Gasteiger partial charge in [-0.2, -0.15) is 9.78 Å². The minimum atomic E-state index is -0.401. The van der Waals surface area contributed by atoms with E-state index in [0.717, 1.165) is 30.6 Å². The first kappa shape index (κ1) is 18.1. The molecule has 128 valence electrons. The van der Waals surface area contributed by atoms with Crippen molar-refractivity contribution in [2.45, 2.75) is 18.9 Å². The second-order valence-electron chi connectivity index (χ2n) is 5.44. The lowest BCUT2D eigenvalue weighted by molar-refractivity contribution is 0.0922. The predicted octanol–water partition coefficient (Wildman–Crippen LogP) is 1.28. The standard InChI is InChI=1S/C16H17FN4O2.ClH/c17-11-1-3-13(4-2-11)21-15(22)6-5-14(20-21)16(23)19-12-7-9-18-10-8-12;/h1-6,12,18H,7-10H2,(H,19,23);1H. The number of carbonyl (C=O) groups is 1. The number of hydrogen-bond acceptors (Lipinski definition) is 4. The van der Waals surface area contributed by atoms with Crippen molar-refractivity contribution in [2.75, 3.05) is 13.1 Å². The van der Waals surface area contributed by atoms with Gasteiger partial charge in [0.15, 0.2) is 0 Å². The summed E-state index contributed by atoms with van der Waals surface area (Å²) in [6, 6.07) is 8.16. The van der Waals surface area contributed by atoms with Gasteiger partial charge in [-0.25, -0.2) is 4.39 Å². The van der Waals surface area contributed by atoms with Gasteiger partial charge in [0, 0.05) is 12.1 Å². The summed E-state index contributed by atoms with van der Waals surface area (Å²) in [5.74, 6) is -0.714. The third kappa shape index (κ3) is 4.18.